The zero-order valence-electron chi connectivity index (χ0n) is 21.1. The fourth-order valence-electron chi connectivity index (χ4n) is 4.24. The van der Waals surface area contributed by atoms with E-state index in [2.05, 4.69) is 30.6 Å². The SMILES string of the molecule is COc1ccc2nc([C@H](Cc3c(C(N)=NO)cccc3C(C)(C)C)NS(=O)(=O)c3ccccc3)sc2c1. The molecule has 194 valence electrons. The molecule has 0 fully saturated rings. The van der Waals surface area contributed by atoms with Crippen molar-refractivity contribution < 1.29 is 18.4 Å². The Morgan fingerprint density at radius 1 is 1.14 bits per heavy atom. The number of sulfonamides is 1. The molecule has 0 saturated carbocycles. The summed E-state index contributed by atoms with van der Waals surface area (Å²) in [5.41, 5.74) is 8.81. The average molecular weight is 539 g/mol. The number of nitrogens with zero attached hydrogens (tertiary/aromatic N) is 2. The summed E-state index contributed by atoms with van der Waals surface area (Å²) < 4.78 is 36.0. The summed E-state index contributed by atoms with van der Waals surface area (Å²) in [6, 6.07) is 18.7. The third-order valence-electron chi connectivity index (χ3n) is 6.04. The molecule has 1 atom stereocenters. The van der Waals surface area contributed by atoms with E-state index in [1.165, 1.54) is 11.3 Å². The number of fused-ring (bicyclic) bond motifs is 1. The summed E-state index contributed by atoms with van der Waals surface area (Å²) in [6.07, 6.45) is 0.238. The number of ether oxygens (including phenoxy) is 1. The van der Waals surface area contributed by atoms with Crippen LogP contribution in [-0.4, -0.2) is 31.6 Å². The van der Waals surface area contributed by atoms with Gasteiger partial charge in [0.15, 0.2) is 5.84 Å². The first-order valence-electron chi connectivity index (χ1n) is 11.7. The highest BCUT2D eigenvalue weighted by molar-refractivity contribution is 7.89. The minimum absolute atomic E-state index is 0.0418. The predicted molar refractivity (Wildman–Crippen MR) is 147 cm³/mol. The number of thiazole rings is 1. The number of rotatable bonds is 8. The Hall–Kier alpha value is -3.47. The molecule has 1 aromatic heterocycles. The van der Waals surface area contributed by atoms with E-state index in [1.807, 2.05) is 30.3 Å². The molecule has 0 spiro atoms. The van der Waals surface area contributed by atoms with Crippen molar-refractivity contribution in [3.63, 3.8) is 0 Å². The zero-order chi connectivity index (χ0) is 26.8. The summed E-state index contributed by atoms with van der Waals surface area (Å²) in [5, 5.41) is 13.3. The zero-order valence-corrected chi connectivity index (χ0v) is 22.7. The fraction of sp³-hybridized carbons (Fsp3) is 0.259. The largest absolute Gasteiger partial charge is 0.497 e. The Morgan fingerprint density at radius 2 is 1.86 bits per heavy atom. The number of hydrogen-bond donors (Lipinski definition) is 3. The van der Waals surface area contributed by atoms with Gasteiger partial charge in [0.05, 0.1) is 28.3 Å². The van der Waals surface area contributed by atoms with Gasteiger partial charge in [0, 0.05) is 5.56 Å². The lowest BCUT2D eigenvalue weighted by Crippen LogP contribution is -2.32. The van der Waals surface area contributed by atoms with Crippen LogP contribution < -0.4 is 15.2 Å². The monoisotopic (exact) mass is 538 g/mol. The second-order valence-corrected chi connectivity index (χ2v) is 12.4. The minimum atomic E-state index is -3.88. The molecule has 10 heteroatoms. The minimum Gasteiger partial charge on any atom is -0.497 e. The van der Waals surface area contributed by atoms with Crippen LogP contribution in [0, 0.1) is 0 Å². The lowest BCUT2D eigenvalue weighted by molar-refractivity contribution is 0.318. The summed E-state index contributed by atoms with van der Waals surface area (Å²) in [5.74, 6) is 0.649. The molecule has 0 aliphatic rings. The van der Waals surface area contributed by atoms with Crippen molar-refractivity contribution in [1.29, 1.82) is 0 Å². The molecule has 3 aromatic carbocycles. The Balaban J connectivity index is 1.88. The van der Waals surface area contributed by atoms with Crippen LogP contribution in [0.5, 0.6) is 5.75 Å². The van der Waals surface area contributed by atoms with E-state index >= 15 is 0 Å². The van der Waals surface area contributed by atoms with Crippen LogP contribution >= 0.6 is 11.3 Å². The topological polar surface area (TPSA) is 127 Å². The van der Waals surface area contributed by atoms with E-state index in [9.17, 15) is 13.6 Å². The van der Waals surface area contributed by atoms with Gasteiger partial charge in [-0.25, -0.2) is 18.1 Å². The second-order valence-electron chi connectivity index (χ2n) is 9.64. The lowest BCUT2D eigenvalue weighted by Gasteiger charge is -2.27. The van der Waals surface area contributed by atoms with E-state index in [1.54, 1.807) is 43.5 Å². The van der Waals surface area contributed by atoms with Gasteiger partial charge in [-0.15, -0.1) is 11.3 Å². The number of methoxy groups -OCH3 is 1. The van der Waals surface area contributed by atoms with Crippen LogP contribution in [0.25, 0.3) is 10.2 Å². The van der Waals surface area contributed by atoms with Gasteiger partial charge >= 0.3 is 0 Å². The van der Waals surface area contributed by atoms with E-state index in [0.29, 0.717) is 16.3 Å². The lowest BCUT2D eigenvalue weighted by atomic mass is 9.80. The average Bonchev–Trinajstić information content (AvgIpc) is 3.31. The van der Waals surface area contributed by atoms with Gasteiger partial charge in [-0.1, -0.05) is 62.3 Å². The van der Waals surface area contributed by atoms with Crippen LogP contribution in [0.3, 0.4) is 0 Å². The maximum Gasteiger partial charge on any atom is 0.241 e. The van der Waals surface area contributed by atoms with E-state index in [0.717, 1.165) is 21.3 Å². The summed E-state index contributed by atoms with van der Waals surface area (Å²) in [6.45, 7) is 6.19. The molecule has 4 aromatic rings. The van der Waals surface area contributed by atoms with E-state index < -0.39 is 16.1 Å². The molecule has 0 unspecified atom stereocenters. The molecule has 1 heterocycles. The summed E-state index contributed by atoms with van der Waals surface area (Å²) in [4.78, 5) is 4.93. The van der Waals surface area contributed by atoms with Crippen molar-refractivity contribution in [2.45, 2.75) is 43.5 Å². The number of benzene rings is 3. The first-order valence-corrected chi connectivity index (χ1v) is 14.0. The molecule has 0 saturated heterocycles. The molecule has 37 heavy (non-hydrogen) atoms. The molecule has 8 nitrogen and oxygen atoms in total. The Labute approximate surface area is 220 Å². The highest BCUT2D eigenvalue weighted by Gasteiger charge is 2.29. The van der Waals surface area contributed by atoms with Crippen LogP contribution in [0.1, 0.15) is 48.5 Å². The van der Waals surface area contributed by atoms with Crippen molar-refractivity contribution in [3.05, 3.63) is 88.4 Å². The fourth-order valence-corrected chi connectivity index (χ4v) is 6.58. The van der Waals surface area contributed by atoms with Crippen molar-refractivity contribution in [1.82, 2.24) is 9.71 Å². The maximum absolute atomic E-state index is 13.4. The molecule has 0 bridgehead atoms. The summed E-state index contributed by atoms with van der Waals surface area (Å²) in [7, 11) is -2.29. The molecular weight excluding hydrogens is 508 g/mol. The van der Waals surface area contributed by atoms with E-state index in [-0.39, 0.29) is 22.6 Å². The van der Waals surface area contributed by atoms with Crippen molar-refractivity contribution in [2.75, 3.05) is 7.11 Å². The first kappa shape index (κ1) is 26.6. The summed E-state index contributed by atoms with van der Waals surface area (Å²) >= 11 is 1.39. The van der Waals surface area contributed by atoms with Gasteiger partial charge in [0.2, 0.25) is 10.0 Å². The van der Waals surface area contributed by atoms with Crippen LogP contribution in [0.4, 0.5) is 0 Å². The van der Waals surface area contributed by atoms with Gasteiger partial charge < -0.3 is 15.7 Å². The molecule has 0 aliphatic heterocycles. The standard InChI is InChI=1S/C27H30N4O4S2/c1-27(2,3)21-12-8-11-19(25(28)30-32)20(21)16-23(31-37(33,34)18-9-6-5-7-10-18)26-29-22-14-13-17(35-4)15-24(22)36-26/h5-15,23,31-32H,16H2,1-4H3,(H2,28,30)/t23-/m0/s1. The Bertz CT molecular complexity index is 1540. The highest BCUT2D eigenvalue weighted by atomic mass is 32.2. The molecule has 0 radical (unpaired) electrons. The number of amidine groups is 1. The maximum atomic E-state index is 13.4. The first-order chi connectivity index (χ1) is 17.5. The number of oxime groups is 1. The van der Waals surface area contributed by atoms with Crippen LogP contribution in [0.2, 0.25) is 0 Å². The molecule has 0 aliphatic carbocycles. The van der Waals surface area contributed by atoms with Crippen molar-refractivity contribution in [3.8, 4) is 5.75 Å². The van der Waals surface area contributed by atoms with Crippen molar-refractivity contribution >= 4 is 37.4 Å². The smallest absolute Gasteiger partial charge is 0.241 e. The second kappa shape index (κ2) is 10.5. The Kier molecular flexibility index (Phi) is 7.54. The highest BCUT2D eigenvalue weighted by Crippen LogP contribution is 2.35. The third-order valence-corrected chi connectivity index (χ3v) is 8.66. The van der Waals surface area contributed by atoms with Crippen LogP contribution in [0.15, 0.2) is 76.8 Å². The molecule has 4 N–H and O–H groups in total. The quantitative estimate of drug-likeness (QED) is 0.126. The Morgan fingerprint density at radius 3 is 2.51 bits per heavy atom. The van der Waals surface area contributed by atoms with Crippen LogP contribution in [-0.2, 0) is 21.9 Å². The number of aromatic nitrogens is 1. The normalized spacial score (nSPS) is 13.6. The third kappa shape index (κ3) is 5.76. The number of nitrogens with one attached hydrogen (secondary N) is 1. The number of hydrogen-bond acceptors (Lipinski definition) is 7. The van der Waals surface area contributed by atoms with Gasteiger partial charge in [0.25, 0.3) is 0 Å². The predicted octanol–water partition coefficient (Wildman–Crippen LogP) is 4.96. The van der Waals surface area contributed by atoms with Gasteiger partial charge in [0.1, 0.15) is 10.8 Å². The molecule has 0 amide bonds. The van der Waals surface area contributed by atoms with Gasteiger partial charge in [-0.2, -0.15) is 0 Å². The molecule has 4 rings (SSSR count). The van der Waals surface area contributed by atoms with Gasteiger partial charge in [-0.05, 0) is 53.3 Å². The number of nitrogens with two attached hydrogens (primary N) is 1. The van der Waals surface area contributed by atoms with Crippen molar-refractivity contribution in [2.24, 2.45) is 10.9 Å². The van der Waals surface area contributed by atoms with E-state index in [4.69, 9.17) is 15.5 Å². The van der Waals surface area contributed by atoms with Gasteiger partial charge in [-0.3, -0.25) is 0 Å². The molecular formula is C27H30N4O4S2.